The van der Waals surface area contributed by atoms with Crippen LogP contribution in [0.2, 0.25) is 0 Å². The molecule has 1 aromatic heterocycles. The lowest BCUT2D eigenvalue weighted by molar-refractivity contribution is -0.141. The zero-order chi connectivity index (χ0) is 17.3. The molecule has 0 aromatic carbocycles. The van der Waals surface area contributed by atoms with E-state index < -0.39 is 5.82 Å². The van der Waals surface area contributed by atoms with Gasteiger partial charge in [-0.05, 0) is 36.8 Å². The number of amides is 2. The smallest absolute Gasteiger partial charge is 0.272 e. The Morgan fingerprint density at radius 1 is 1.38 bits per heavy atom. The van der Waals surface area contributed by atoms with Gasteiger partial charge in [0.1, 0.15) is 11.5 Å². The third-order valence-corrected chi connectivity index (χ3v) is 4.94. The summed E-state index contributed by atoms with van der Waals surface area (Å²) in [6.45, 7) is 6.28. The fourth-order valence-corrected chi connectivity index (χ4v) is 3.83. The van der Waals surface area contributed by atoms with Crippen molar-refractivity contribution in [3.63, 3.8) is 0 Å². The zero-order valence-corrected chi connectivity index (χ0v) is 14.2. The Kier molecular flexibility index (Phi) is 4.83. The van der Waals surface area contributed by atoms with Crippen molar-refractivity contribution in [2.45, 2.75) is 39.2 Å². The lowest BCUT2D eigenvalue weighted by Gasteiger charge is -2.47. The minimum absolute atomic E-state index is 0.152. The number of hydrogen-bond donors (Lipinski definition) is 0. The van der Waals surface area contributed by atoms with Gasteiger partial charge in [0.05, 0.1) is 6.20 Å². The number of pyridine rings is 1. The lowest BCUT2D eigenvalue weighted by atomic mass is 9.83. The summed E-state index contributed by atoms with van der Waals surface area (Å²) in [6, 6.07) is 2.93. The molecule has 0 spiro atoms. The van der Waals surface area contributed by atoms with Crippen LogP contribution in [0.1, 0.15) is 43.6 Å². The minimum atomic E-state index is -0.444. The van der Waals surface area contributed by atoms with Gasteiger partial charge < -0.3 is 9.80 Å². The molecule has 6 heteroatoms. The van der Waals surface area contributed by atoms with Gasteiger partial charge in [0.2, 0.25) is 5.91 Å². The van der Waals surface area contributed by atoms with Crippen LogP contribution in [0, 0.1) is 17.7 Å². The van der Waals surface area contributed by atoms with Gasteiger partial charge in [-0.2, -0.15) is 0 Å². The Morgan fingerprint density at radius 3 is 2.83 bits per heavy atom. The van der Waals surface area contributed by atoms with Gasteiger partial charge in [-0.1, -0.05) is 13.8 Å². The number of carbonyl (C=O) groups is 2. The average Bonchev–Trinajstić information content (AvgIpc) is 2.57. The van der Waals surface area contributed by atoms with Gasteiger partial charge in [0, 0.05) is 32.1 Å². The van der Waals surface area contributed by atoms with Crippen molar-refractivity contribution in [3.8, 4) is 0 Å². The standard InChI is InChI=1S/C18H24FN3O2/c1-12(2)10-22-16-7-8-21(11-13(16)3-6-17(22)23)18(24)15-5-4-14(19)9-20-15/h4-5,9,12-13,16H,3,6-8,10-11H2,1-2H3/t13-,16+/m0/s1. The van der Waals surface area contributed by atoms with E-state index in [1.54, 1.807) is 4.90 Å². The summed E-state index contributed by atoms with van der Waals surface area (Å²) in [4.78, 5) is 32.5. The monoisotopic (exact) mass is 333 g/mol. The molecule has 3 heterocycles. The van der Waals surface area contributed by atoms with Crippen LogP contribution in [0.25, 0.3) is 0 Å². The summed E-state index contributed by atoms with van der Waals surface area (Å²) in [5, 5.41) is 0. The summed E-state index contributed by atoms with van der Waals surface area (Å²) < 4.78 is 13.0. The van der Waals surface area contributed by atoms with Gasteiger partial charge in [-0.25, -0.2) is 9.37 Å². The molecule has 2 saturated heterocycles. The third kappa shape index (κ3) is 3.42. The number of fused-ring (bicyclic) bond motifs is 1. The van der Waals surface area contributed by atoms with Crippen molar-refractivity contribution in [1.29, 1.82) is 0 Å². The molecule has 24 heavy (non-hydrogen) atoms. The number of likely N-dealkylation sites (tertiary alicyclic amines) is 2. The Morgan fingerprint density at radius 2 is 2.17 bits per heavy atom. The topological polar surface area (TPSA) is 53.5 Å². The van der Waals surface area contributed by atoms with E-state index in [4.69, 9.17) is 0 Å². The Labute approximate surface area is 141 Å². The van der Waals surface area contributed by atoms with Gasteiger partial charge in [0.15, 0.2) is 0 Å². The molecule has 0 unspecified atom stereocenters. The molecular formula is C18H24FN3O2. The van der Waals surface area contributed by atoms with E-state index in [0.717, 1.165) is 25.6 Å². The van der Waals surface area contributed by atoms with Crippen molar-refractivity contribution in [2.75, 3.05) is 19.6 Å². The van der Waals surface area contributed by atoms with Gasteiger partial charge in [-0.15, -0.1) is 0 Å². The van der Waals surface area contributed by atoms with Crippen molar-refractivity contribution in [2.24, 2.45) is 11.8 Å². The van der Waals surface area contributed by atoms with Crippen molar-refractivity contribution in [3.05, 3.63) is 29.8 Å². The first-order chi connectivity index (χ1) is 11.5. The lowest BCUT2D eigenvalue weighted by Crippen LogP contribution is -2.57. The maximum absolute atomic E-state index is 13.0. The van der Waals surface area contributed by atoms with E-state index in [-0.39, 0.29) is 23.6 Å². The zero-order valence-electron chi connectivity index (χ0n) is 14.2. The van der Waals surface area contributed by atoms with Crippen LogP contribution in [-0.2, 0) is 4.79 Å². The molecule has 2 aliphatic heterocycles. The second-order valence-electron chi connectivity index (χ2n) is 7.21. The summed E-state index contributed by atoms with van der Waals surface area (Å²) in [5.41, 5.74) is 0.278. The first-order valence-corrected chi connectivity index (χ1v) is 8.66. The van der Waals surface area contributed by atoms with Crippen LogP contribution >= 0.6 is 0 Å². The summed E-state index contributed by atoms with van der Waals surface area (Å²) in [6.07, 6.45) is 3.27. The van der Waals surface area contributed by atoms with Crippen LogP contribution in [-0.4, -0.2) is 52.3 Å². The highest BCUT2D eigenvalue weighted by atomic mass is 19.1. The number of piperidine rings is 2. The van der Waals surface area contributed by atoms with Gasteiger partial charge in [0.25, 0.3) is 5.91 Å². The SMILES string of the molecule is CC(C)CN1C(=O)CC[C@H]2CN(C(=O)c3ccc(F)cn3)CC[C@H]21. The quantitative estimate of drug-likeness (QED) is 0.853. The highest BCUT2D eigenvalue weighted by Gasteiger charge is 2.40. The second kappa shape index (κ2) is 6.87. The van der Waals surface area contributed by atoms with E-state index in [1.165, 1.54) is 12.1 Å². The number of hydrogen-bond acceptors (Lipinski definition) is 3. The van der Waals surface area contributed by atoms with E-state index >= 15 is 0 Å². The Hall–Kier alpha value is -1.98. The highest BCUT2D eigenvalue weighted by Crippen LogP contribution is 2.32. The first kappa shape index (κ1) is 16.9. The second-order valence-corrected chi connectivity index (χ2v) is 7.21. The normalized spacial score (nSPS) is 24.2. The predicted octanol–water partition coefficient (Wildman–Crippen LogP) is 2.33. The van der Waals surface area contributed by atoms with Crippen LogP contribution in [0.3, 0.4) is 0 Å². The maximum atomic E-state index is 13.0. The Balaban J connectivity index is 1.69. The van der Waals surface area contributed by atoms with Crippen molar-refractivity contribution >= 4 is 11.8 Å². The third-order valence-electron chi connectivity index (χ3n) is 4.94. The van der Waals surface area contributed by atoms with Crippen LogP contribution in [0.15, 0.2) is 18.3 Å². The number of nitrogens with zero attached hydrogens (tertiary/aromatic N) is 3. The van der Waals surface area contributed by atoms with Crippen LogP contribution < -0.4 is 0 Å². The number of halogens is 1. The molecule has 2 fully saturated rings. The fourth-order valence-electron chi connectivity index (χ4n) is 3.83. The van der Waals surface area contributed by atoms with E-state index in [2.05, 4.69) is 18.8 Å². The minimum Gasteiger partial charge on any atom is -0.339 e. The summed E-state index contributed by atoms with van der Waals surface area (Å²) >= 11 is 0. The number of aromatic nitrogens is 1. The molecule has 130 valence electrons. The molecule has 0 aliphatic carbocycles. The van der Waals surface area contributed by atoms with Gasteiger partial charge >= 0.3 is 0 Å². The predicted molar refractivity (Wildman–Crippen MR) is 87.8 cm³/mol. The number of rotatable bonds is 3. The van der Waals surface area contributed by atoms with Crippen molar-refractivity contribution in [1.82, 2.24) is 14.8 Å². The van der Waals surface area contributed by atoms with Crippen LogP contribution in [0.4, 0.5) is 4.39 Å². The molecule has 3 rings (SSSR count). The maximum Gasteiger partial charge on any atom is 0.272 e. The molecule has 2 aliphatic rings. The molecule has 2 atom stereocenters. The van der Waals surface area contributed by atoms with Crippen LogP contribution in [0.5, 0.6) is 0 Å². The summed E-state index contributed by atoms with van der Waals surface area (Å²) in [5.74, 6) is 0.404. The van der Waals surface area contributed by atoms with Gasteiger partial charge in [-0.3, -0.25) is 9.59 Å². The fraction of sp³-hybridized carbons (Fsp3) is 0.611. The van der Waals surface area contributed by atoms with Crippen molar-refractivity contribution < 1.29 is 14.0 Å². The molecule has 0 N–H and O–H groups in total. The molecule has 0 saturated carbocycles. The molecule has 5 nitrogen and oxygen atoms in total. The largest absolute Gasteiger partial charge is 0.339 e. The molecule has 0 bridgehead atoms. The molecule has 0 radical (unpaired) electrons. The summed E-state index contributed by atoms with van der Waals surface area (Å²) in [7, 11) is 0. The number of carbonyl (C=O) groups excluding carboxylic acids is 2. The molecule has 1 aromatic rings. The first-order valence-electron chi connectivity index (χ1n) is 8.66. The molecular weight excluding hydrogens is 309 g/mol. The van der Waals surface area contributed by atoms with E-state index in [0.29, 0.717) is 31.3 Å². The molecule has 2 amide bonds. The van der Waals surface area contributed by atoms with E-state index in [9.17, 15) is 14.0 Å². The average molecular weight is 333 g/mol. The Bertz CT molecular complexity index is 617. The van der Waals surface area contributed by atoms with E-state index in [1.807, 2.05) is 4.90 Å². The highest BCUT2D eigenvalue weighted by molar-refractivity contribution is 5.92.